The minimum Gasteiger partial charge on any atom is -0.389 e. The largest absolute Gasteiger partial charge is 0.389 e. The Labute approximate surface area is 151 Å². The topological polar surface area (TPSA) is 199 Å². The minimum absolute atomic E-state index is 0.274. The highest BCUT2D eigenvalue weighted by Gasteiger charge is 2.51. The molecule has 2 heterocycles. The van der Waals surface area contributed by atoms with Crippen molar-refractivity contribution in [2.75, 3.05) is 7.05 Å². The molecule has 2 aliphatic heterocycles. The average molecular weight is 378 g/mol. The SMILES string of the molecule is CNC1C(O)O[C@H]2CC(N)[C@@H](O[C@@H]3C(N)C[C@@H](N)C(O)C3O)OC2C1O. The van der Waals surface area contributed by atoms with Gasteiger partial charge in [0, 0.05) is 12.1 Å². The second-order valence-electron chi connectivity index (χ2n) is 7.38. The molecule has 12 atom stereocenters. The number of nitrogens with two attached hydrogens (primary N) is 3. The summed E-state index contributed by atoms with van der Waals surface area (Å²) in [5, 5.41) is 43.4. The molecule has 8 unspecified atom stereocenters. The number of nitrogens with one attached hydrogen (secondary N) is 1. The van der Waals surface area contributed by atoms with E-state index in [-0.39, 0.29) is 12.8 Å². The number of rotatable bonds is 3. The van der Waals surface area contributed by atoms with Crippen molar-refractivity contribution in [2.45, 2.75) is 86.2 Å². The van der Waals surface area contributed by atoms with Crippen LogP contribution < -0.4 is 22.5 Å². The number of hydrogen-bond acceptors (Lipinski definition) is 11. The Kier molecular flexibility index (Phi) is 6.16. The second kappa shape index (κ2) is 7.89. The van der Waals surface area contributed by atoms with Crippen LogP contribution in [0.25, 0.3) is 0 Å². The van der Waals surface area contributed by atoms with E-state index in [9.17, 15) is 20.4 Å². The highest BCUT2D eigenvalue weighted by Crippen LogP contribution is 2.33. The number of aliphatic hydroxyl groups excluding tert-OH is 4. The van der Waals surface area contributed by atoms with Crippen LogP contribution in [0.4, 0.5) is 0 Å². The Balaban J connectivity index is 1.69. The van der Waals surface area contributed by atoms with Crippen LogP contribution in [0.5, 0.6) is 0 Å². The van der Waals surface area contributed by atoms with E-state index >= 15 is 0 Å². The van der Waals surface area contributed by atoms with Crippen molar-refractivity contribution >= 4 is 0 Å². The molecule has 11 N–H and O–H groups in total. The predicted molar refractivity (Wildman–Crippen MR) is 88.4 cm³/mol. The van der Waals surface area contributed by atoms with E-state index < -0.39 is 73.4 Å². The molecular weight excluding hydrogens is 348 g/mol. The van der Waals surface area contributed by atoms with Crippen LogP contribution in [0.2, 0.25) is 0 Å². The fourth-order valence-electron chi connectivity index (χ4n) is 4.00. The Hall–Kier alpha value is -0.440. The van der Waals surface area contributed by atoms with Crippen molar-refractivity contribution in [3.8, 4) is 0 Å². The molecule has 0 aromatic heterocycles. The third-order valence-corrected chi connectivity index (χ3v) is 5.55. The molecule has 3 rings (SSSR count). The maximum absolute atomic E-state index is 10.5. The maximum Gasteiger partial charge on any atom is 0.173 e. The Morgan fingerprint density at radius 2 is 1.58 bits per heavy atom. The summed E-state index contributed by atoms with van der Waals surface area (Å²) in [6.45, 7) is 0. The zero-order valence-electron chi connectivity index (χ0n) is 14.6. The summed E-state index contributed by atoms with van der Waals surface area (Å²) >= 11 is 0. The summed E-state index contributed by atoms with van der Waals surface area (Å²) in [5.41, 5.74) is 17.9. The first kappa shape index (κ1) is 20.3. The predicted octanol–water partition coefficient (Wildman–Crippen LogP) is -4.74. The second-order valence-corrected chi connectivity index (χ2v) is 7.38. The van der Waals surface area contributed by atoms with Crippen molar-refractivity contribution in [3.05, 3.63) is 0 Å². The van der Waals surface area contributed by atoms with Gasteiger partial charge in [0.15, 0.2) is 12.6 Å². The third kappa shape index (κ3) is 3.62. The fraction of sp³-hybridized carbons (Fsp3) is 1.00. The van der Waals surface area contributed by atoms with Crippen LogP contribution in [0.3, 0.4) is 0 Å². The molecule has 3 aliphatic rings. The molecular formula is C15H30N4O7. The van der Waals surface area contributed by atoms with Gasteiger partial charge in [-0.15, -0.1) is 0 Å². The van der Waals surface area contributed by atoms with Gasteiger partial charge in [0.05, 0.1) is 24.3 Å². The molecule has 11 heteroatoms. The van der Waals surface area contributed by atoms with E-state index in [0.29, 0.717) is 0 Å². The number of aliphatic hydroxyl groups is 4. The van der Waals surface area contributed by atoms with Gasteiger partial charge < -0.3 is 57.2 Å². The summed E-state index contributed by atoms with van der Waals surface area (Å²) in [7, 11) is 1.59. The molecule has 3 fully saturated rings. The quantitative estimate of drug-likeness (QED) is 0.234. The highest BCUT2D eigenvalue weighted by molar-refractivity contribution is 5.00. The number of ether oxygens (including phenoxy) is 3. The lowest BCUT2D eigenvalue weighted by Crippen LogP contribution is -2.68. The molecule has 26 heavy (non-hydrogen) atoms. The first-order valence-electron chi connectivity index (χ1n) is 8.87. The van der Waals surface area contributed by atoms with Crippen LogP contribution in [0, 0.1) is 0 Å². The molecule has 1 aliphatic carbocycles. The van der Waals surface area contributed by atoms with Gasteiger partial charge in [-0.3, -0.25) is 0 Å². The summed E-state index contributed by atoms with van der Waals surface area (Å²) in [6.07, 6.45) is -7.36. The standard InChI is InChI=1S/C15H30N4O7/c1-19-8-10(21)13-7(24-14(8)23)3-6(18)15(26-13)25-12-5(17)2-4(16)9(20)11(12)22/h4-15,19-23H,2-3,16-18H2,1H3/t4-,5?,6?,7+,8?,9?,10?,11?,12-,13?,14?,15+/m1/s1. The van der Waals surface area contributed by atoms with Gasteiger partial charge in [0.25, 0.3) is 0 Å². The molecule has 2 saturated heterocycles. The normalized spacial score (nSPS) is 55.4. The Morgan fingerprint density at radius 1 is 0.885 bits per heavy atom. The van der Waals surface area contributed by atoms with E-state index in [1.807, 2.05) is 0 Å². The molecule has 0 amide bonds. The fourth-order valence-corrected chi connectivity index (χ4v) is 4.00. The van der Waals surface area contributed by atoms with E-state index in [4.69, 9.17) is 31.4 Å². The highest BCUT2D eigenvalue weighted by atomic mass is 16.7. The first-order chi connectivity index (χ1) is 12.2. The van der Waals surface area contributed by atoms with Gasteiger partial charge in [0.1, 0.15) is 24.4 Å². The molecule has 0 bridgehead atoms. The van der Waals surface area contributed by atoms with Crippen LogP contribution in [-0.2, 0) is 14.2 Å². The van der Waals surface area contributed by atoms with Crippen LogP contribution in [-0.4, -0.2) is 101 Å². The van der Waals surface area contributed by atoms with E-state index in [1.54, 1.807) is 7.05 Å². The smallest absolute Gasteiger partial charge is 0.173 e. The molecule has 152 valence electrons. The number of likely N-dealkylation sites (N-methyl/N-ethyl adjacent to an activating group) is 1. The van der Waals surface area contributed by atoms with Crippen molar-refractivity contribution in [3.63, 3.8) is 0 Å². The maximum atomic E-state index is 10.5. The zero-order valence-corrected chi connectivity index (χ0v) is 14.6. The van der Waals surface area contributed by atoms with E-state index in [0.717, 1.165) is 0 Å². The molecule has 0 radical (unpaired) electrons. The zero-order chi connectivity index (χ0) is 19.2. The van der Waals surface area contributed by atoms with Gasteiger partial charge in [-0.1, -0.05) is 0 Å². The van der Waals surface area contributed by atoms with Gasteiger partial charge in [-0.2, -0.15) is 0 Å². The van der Waals surface area contributed by atoms with Crippen molar-refractivity contribution in [2.24, 2.45) is 17.2 Å². The molecule has 11 nitrogen and oxygen atoms in total. The summed E-state index contributed by atoms with van der Waals surface area (Å²) in [4.78, 5) is 0. The lowest BCUT2D eigenvalue weighted by atomic mass is 9.84. The van der Waals surface area contributed by atoms with Crippen LogP contribution in [0.1, 0.15) is 12.8 Å². The monoisotopic (exact) mass is 378 g/mol. The third-order valence-electron chi connectivity index (χ3n) is 5.55. The van der Waals surface area contributed by atoms with Crippen molar-refractivity contribution in [1.82, 2.24) is 5.32 Å². The van der Waals surface area contributed by atoms with Gasteiger partial charge in [-0.25, -0.2) is 0 Å². The minimum atomic E-state index is -1.28. The van der Waals surface area contributed by atoms with Crippen LogP contribution >= 0.6 is 0 Å². The summed E-state index contributed by atoms with van der Waals surface area (Å²) in [6, 6.07) is -2.60. The lowest BCUT2D eigenvalue weighted by Gasteiger charge is -2.49. The number of hydrogen-bond donors (Lipinski definition) is 8. The molecule has 1 saturated carbocycles. The summed E-state index contributed by atoms with van der Waals surface area (Å²) < 4.78 is 17.1. The van der Waals surface area contributed by atoms with E-state index in [1.165, 1.54) is 0 Å². The van der Waals surface area contributed by atoms with Crippen LogP contribution in [0.15, 0.2) is 0 Å². The molecule has 0 aromatic carbocycles. The van der Waals surface area contributed by atoms with Gasteiger partial charge in [-0.05, 0) is 19.9 Å². The Morgan fingerprint density at radius 3 is 2.23 bits per heavy atom. The first-order valence-corrected chi connectivity index (χ1v) is 8.87. The number of fused-ring (bicyclic) bond motifs is 1. The lowest BCUT2D eigenvalue weighted by molar-refractivity contribution is -0.328. The molecule has 0 aromatic rings. The summed E-state index contributed by atoms with van der Waals surface area (Å²) in [5.74, 6) is 0. The van der Waals surface area contributed by atoms with E-state index in [2.05, 4.69) is 5.32 Å². The van der Waals surface area contributed by atoms with Crippen molar-refractivity contribution in [1.29, 1.82) is 0 Å². The van der Waals surface area contributed by atoms with Crippen molar-refractivity contribution < 1.29 is 34.6 Å². The molecule has 0 spiro atoms. The average Bonchev–Trinajstić information content (AvgIpc) is 2.58. The van der Waals surface area contributed by atoms with Gasteiger partial charge in [0.2, 0.25) is 0 Å². The Bertz CT molecular complexity index is 487. The van der Waals surface area contributed by atoms with Gasteiger partial charge >= 0.3 is 0 Å².